The van der Waals surface area contributed by atoms with Gasteiger partial charge in [0.25, 0.3) is 10.5 Å². The maximum atomic E-state index is 11.4. The van der Waals surface area contributed by atoms with E-state index in [1.807, 2.05) is 0 Å². The van der Waals surface area contributed by atoms with Crippen molar-refractivity contribution < 1.29 is 33.3 Å². The number of hydrogen-bond donors (Lipinski definition) is 0. The van der Waals surface area contributed by atoms with Crippen LogP contribution in [-0.4, -0.2) is 53.9 Å². The zero-order valence-corrected chi connectivity index (χ0v) is 16.0. The van der Waals surface area contributed by atoms with Crippen LogP contribution in [0.4, 0.5) is 0 Å². The summed E-state index contributed by atoms with van der Waals surface area (Å²) in [5.41, 5.74) is 0. The van der Waals surface area contributed by atoms with E-state index in [0.717, 1.165) is 0 Å². The molecule has 1 aromatic heterocycles. The van der Waals surface area contributed by atoms with Crippen LogP contribution in [-0.2, 0) is 0 Å². The van der Waals surface area contributed by atoms with Crippen molar-refractivity contribution in [1.29, 1.82) is 0 Å². The quantitative estimate of drug-likeness (QED) is 0.592. The summed E-state index contributed by atoms with van der Waals surface area (Å²) in [6.07, 6.45) is 0. The number of aromatic nitrogens is 3. The Bertz CT molecular complexity index is 860. The van der Waals surface area contributed by atoms with Crippen LogP contribution in [0, 0.1) is 0 Å². The number of benzene rings is 1. The first kappa shape index (κ1) is 20.5. The fraction of sp³-hybridized carbons (Fsp3) is 0.267. The van der Waals surface area contributed by atoms with Crippen LogP contribution in [0.1, 0.15) is 21.2 Å². The zero-order valence-electron chi connectivity index (χ0n) is 14.5. The van der Waals surface area contributed by atoms with E-state index in [9.17, 15) is 9.59 Å². The molecule has 27 heavy (non-hydrogen) atoms. The SMILES string of the molecule is COc1cc(Oc2nc(C(=O)Cl)nc(C(=O)Cl)n2)c(OC)c(OC)c1OC. The molecule has 0 unspecified atom stereocenters. The van der Waals surface area contributed by atoms with Gasteiger partial charge in [-0.15, -0.1) is 0 Å². The van der Waals surface area contributed by atoms with Gasteiger partial charge in [-0.05, 0) is 23.2 Å². The van der Waals surface area contributed by atoms with Crippen LogP contribution in [0.3, 0.4) is 0 Å². The molecule has 0 aliphatic carbocycles. The molecular weight excluding hydrogens is 405 g/mol. The first-order valence-corrected chi connectivity index (χ1v) is 7.82. The summed E-state index contributed by atoms with van der Waals surface area (Å²) in [6.45, 7) is 0. The van der Waals surface area contributed by atoms with Crippen LogP contribution >= 0.6 is 23.2 Å². The molecule has 0 saturated heterocycles. The van der Waals surface area contributed by atoms with Crippen molar-refractivity contribution in [3.63, 3.8) is 0 Å². The van der Waals surface area contributed by atoms with E-state index in [1.165, 1.54) is 34.5 Å². The summed E-state index contributed by atoms with van der Waals surface area (Å²) in [6, 6.07) is 0.986. The lowest BCUT2D eigenvalue weighted by molar-refractivity contribution is 0.106. The first-order chi connectivity index (χ1) is 12.9. The molecule has 0 aliphatic rings. The summed E-state index contributed by atoms with van der Waals surface area (Å²) < 4.78 is 26.6. The van der Waals surface area contributed by atoms with Crippen molar-refractivity contribution in [3.8, 4) is 34.8 Å². The van der Waals surface area contributed by atoms with Crippen molar-refractivity contribution in [2.75, 3.05) is 28.4 Å². The molecule has 0 amide bonds. The van der Waals surface area contributed by atoms with E-state index in [-0.39, 0.29) is 28.7 Å². The Labute approximate surface area is 163 Å². The molecule has 0 aliphatic heterocycles. The molecule has 12 heteroatoms. The highest BCUT2D eigenvalue weighted by atomic mass is 35.5. The molecule has 1 heterocycles. The lowest BCUT2D eigenvalue weighted by Gasteiger charge is -2.18. The molecule has 2 aromatic rings. The summed E-state index contributed by atoms with van der Waals surface area (Å²) in [4.78, 5) is 33.7. The Balaban J connectivity index is 2.63. The molecule has 0 atom stereocenters. The fourth-order valence-corrected chi connectivity index (χ4v) is 2.22. The van der Waals surface area contributed by atoms with Crippen molar-refractivity contribution >= 4 is 33.7 Å². The van der Waals surface area contributed by atoms with Gasteiger partial charge in [-0.1, -0.05) is 0 Å². The molecule has 0 fully saturated rings. The first-order valence-electron chi connectivity index (χ1n) is 7.06. The third-order valence-corrected chi connectivity index (χ3v) is 3.46. The molecule has 1 aromatic carbocycles. The molecule has 2 rings (SSSR count). The number of rotatable bonds is 8. The second-order valence-corrected chi connectivity index (χ2v) is 5.28. The van der Waals surface area contributed by atoms with Gasteiger partial charge < -0.3 is 23.7 Å². The Morgan fingerprint density at radius 2 is 1.22 bits per heavy atom. The Morgan fingerprint density at radius 3 is 1.63 bits per heavy atom. The van der Waals surface area contributed by atoms with E-state index in [1.54, 1.807) is 0 Å². The topological polar surface area (TPSA) is 119 Å². The molecule has 144 valence electrons. The van der Waals surface area contributed by atoms with Gasteiger partial charge in [0.2, 0.25) is 28.9 Å². The van der Waals surface area contributed by atoms with Crippen LogP contribution in [0.2, 0.25) is 0 Å². The maximum Gasteiger partial charge on any atom is 0.326 e. The van der Waals surface area contributed by atoms with Crippen molar-refractivity contribution in [1.82, 2.24) is 15.0 Å². The molecule has 0 spiro atoms. The second-order valence-electron chi connectivity index (χ2n) is 4.59. The highest BCUT2D eigenvalue weighted by molar-refractivity contribution is 6.68. The Kier molecular flexibility index (Phi) is 6.59. The van der Waals surface area contributed by atoms with Crippen LogP contribution in [0.15, 0.2) is 6.07 Å². The van der Waals surface area contributed by atoms with E-state index in [2.05, 4.69) is 15.0 Å². The largest absolute Gasteiger partial charge is 0.493 e. The summed E-state index contributed by atoms with van der Waals surface area (Å²) in [7, 11) is 5.58. The number of methoxy groups -OCH3 is 4. The number of halogens is 2. The number of ether oxygens (including phenoxy) is 5. The van der Waals surface area contributed by atoms with E-state index < -0.39 is 28.1 Å². The molecule has 0 bridgehead atoms. The van der Waals surface area contributed by atoms with Crippen molar-refractivity contribution in [2.45, 2.75) is 0 Å². The number of hydrogen-bond acceptors (Lipinski definition) is 10. The average Bonchev–Trinajstić information content (AvgIpc) is 2.66. The monoisotopic (exact) mass is 417 g/mol. The van der Waals surface area contributed by atoms with E-state index in [4.69, 9.17) is 46.9 Å². The number of carbonyl (C=O) groups excluding carboxylic acids is 2. The molecular formula is C15H13Cl2N3O7. The maximum absolute atomic E-state index is 11.4. The van der Waals surface area contributed by atoms with Crippen LogP contribution < -0.4 is 23.7 Å². The van der Waals surface area contributed by atoms with Crippen molar-refractivity contribution in [2.24, 2.45) is 0 Å². The summed E-state index contributed by atoms with van der Waals surface area (Å²) >= 11 is 10.7. The smallest absolute Gasteiger partial charge is 0.326 e. The van der Waals surface area contributed by atoms with Gasteiger partial charge in [-0.3, -0.25) is 9.59 Å². The second kappa shape index (κ2) is 8.69. The average molecular weight is 418 g/mol. The van der Waals surface area contributed by atoms with Gasteiger partial charge in [0.1, 0.15) is 0 Å². The molecule has 0 radical (unpaired) electrons. The van der Waals surface area contributed by atoms with Crippen molar-refractivity contribution in [3.05, 3.63) is 17.7 Å². The normalized spacial score (nSPS) is 10.1. The lowest BCUT2D eigenvalue weighted by atomic mass is 10.2. The van der Waals surface area contributed by atoms with Gasteiger partial charge >= 0.3 is 6.01 Å². The number of carbonyl (C=O) groups is 2. The fourth-order valence-electron chi connectivity index (χ4n) is 2.05. The van der Waals surface area contributed by atoms with Gasteiger partial charge in [0.05, 0.1) is 28.4 Å². The summed E-state index contributed by atoms with van der Waals surface area (Å²) in [5, 5.41) is -2.06. The number of nitrogens with zero attached hydrogens (tertiary/aromatic N) is 3. The minimum Gasteiger partial charge on any atom is -0.493 e. The predicted molar refractivity (Wildman–Crippen MR) is 92.9 cm³/mol. The van der Waals surface area contributed by atoms with Gasteiger partial charge in [-0.2, -0.15) is 15.0 Å². The van der Waals surface area contributed by atoms with E-state index in [0.29, 0.717) is 0 Å². The Hall–Kier alpha value is -2.85. The molecule has 10 nitrogen and oxygen atoms in total. The zero-order chi connectivity index (χ0) is 20.1. The Morgan fingerprint density at radius 1 is 0.741 bits per heavy atom. The van der Waals surface area contributed by atoms with Crippen LogP contribution in [0.5, 0.6) is 34.8 Å². The van der Waals surface area contributed by atoms with Gasteiger partial charge in [0, 0.05) is 6.07 Å². The van der Waals surface area contributed by atoms with Gasteiger partial charge in [-0.25, -0.2) is 0 Å². The highest BCUT2D eigenvalue weighted by Gasteiger charge is 2.25. The third-order valence-electron chi connectivity index (χ3n) is 3.12. The molecule has 0 N–H and O–H groups in total. The predicted octanol–water partition coefficient (Wildman–Crippen LogP) is 2.46. The summed E-state index contributed by atoms with van der Waals surface area (Å²) in [5.74, 6) is -0.193. The van der Waals surface area contributed by atoms with E-state index >= 15 is 0 Å². The minimum absolute atomic E-state index is 0.0409. The lowest BCUT2D eigenvalue weighted by Crippen LogP contribution is -2.10. The standard InChI is InChI=1S/C15H13Cl2N3O7/c1-23-6-5-7(9(25-3)10(26-4)8(6)24-2)27-15-19-13(11(16)21)18-14(20-15)12(17)22/h5H,1-4H3. The minimum atomic E-state index is -1.03. The highest BCUT2D eigenvalue weighted by Crippen LogP contribution is 2.50. The molecule has 0 saturated carbocycles. The van der Waals surface area contributed by atoms with Gasteiger partial charge in [0.15, 0.2) is 11.5 Å². The third kappa shape index (κ3) is 4.29. The van der Waals surface area contributed by atoms with Crippen LogP contribution in [0.25, 0.3) is 0 Å².